The molecular weight excluding hydrogens is 356 g/mol. The summed E-state index contributed by atoms with van der Waals surface area (Å²) in [5.41, 5.74) is 2.39. The van der Waals surface area contributed by atoms with Gasteiger partial charge in [0.2, 0.25) is 0 Å². The average Bonchev–Trinajstić information content (AvgIpc) is 3.05. The third-order valence-corrected chi connectivity index (χ3v) is 6.11. The van der Waals surface area contributed by atoms with Gasteiger partial charge in [-0.2, -0.15) is 0 Å². The fourth-order valence-corrected chi connectivity index (χ4v) is 4.39. The van der Waals surface area contributed by atoms with Gasteiger partial charge in [0, 0.05) is 11.1 Å². The Bertz CT molecular complexity index is 879. The highest BCUT2D eigenvalue weighted by molar-refractivity contribution is 7.92. The van der Waals surface area contributed by atoms with Crippen LogP contribution >= 0.6 is 11.6 Å². The van der Waals surface area contributed by atoms with E-state index in [1.807, 2.05) is 19.1 Å². The quantitative estimate of drug-likeness (QED) is 0.765. The van der Waals surface area contributed by atoms with E-state index in [2.05, 4.69) is 16.6 Å². The van der Waals surface area contributed by atoms with Gasteiger partial charge in [-0.05, 0) is 61.7 Å². The topological polar surface area (TPSA) is 58.2 Å². The minimum absolute atomic E-state index is 0.00748. The zero-order valence-electron chi connectivity index (χ0n) is 14.0. The molecule has 0 aromatic heterocycles. The Balaban J connectivity index is 1.97. The Hall–Kier alpha value is -1.82. The molecule has 0 saturated carbocycles. The molecule has 1 heterocycles. The normalized spacial score (nSPS) is 20.4. The van der Waals surface area contributed by atoms with Crippen LogP contribution < -0.4 is 10.0 Å². The molecule has 1 fully saturated rings. The molecule has 0 radical (unpaired) electrons. The predicted octanol–water partition coefficient (Wildman–Crippen LogP) is 4.29. The zero-order chi connectivity index (χ0) is 18.0. The first-order chi connectivity index (χ1) is 11.9. The fourth-order valence-electron chi connectivity index (χ4n) is 3.12. The molecule has 1 aliphatic heterocycles. The molecule has 1 aliphatic rings. The van der Waals surface area contributed by atoms with E-state index in [9.17, 15) is 8.42 Å². The minimum Gasteiger partial charge on any atom is -0.309 e. The monoisotopic (exact) mass is 376 g/mol. The summed E-state index contributed by atoms with van der Waals surface area (Å²) < 4.78 is 28.2. The Kier molecular flexibility index (Phi) is 5.18. The van der Waals surface area contributed by atoms with Crippen molar-refractivity contribution in [3.63, 3.8) is 0 Å². The van der Waals surface area contributed by atoms with Gasteiger partial charge >= 0.3 is 0 Å². The van der Waals surface area contributed by atoms with Crippen LogP contribution in [-0.4, -0.2) is 15.0 Å². The van der Waals surface area contributed by atoms with E-state index in [4.69, 9.17) is 11.6 Å². The molecular formula is C19H21ClN2O2S. The van der Waals surface area contributed by atoms with Gasteiger partial charge < -0.3 is 5.32 Å². The standard InChI is InChI=1S/C19H21ClN2O2S/c1-3-14-10-11-21-19(14)17-12-15(20)6-9-18(17)22-25(23,24)16-7-4-13(2)5-8-16/h3-9,12,14,19,21-22H,1,10-11H2,2H3/t14-,19+/m1/s1. The van der Waals surface area contributed by atoms with Crippen LogP contribution in [0, 0.1) is 12.8 Å². The number of hydrogen-bond acceptors (Lipinski definition) is 3. The van der Waals surface area contributed by atoms with Crippen LogP contribution in [0.25, 0.3) is 0 Å². The van der Waals surface area contributed by atoms with E-state index in [0.717, 1.165) is 24.1 Å². The lowest BCUT2D eigenvalue weighted by molar-refractivity contribution is 0.553. The van der Waals surface area contributed by atoms with Crippen molar-refractivity contribution in [2.24, 2.45) is 5.92 Å². The zero-order valence-corrected chi connectivity index (χ0v) is 15.6. The first kappa shape index (κ1) is 18.0. The van der Waals surface area contributed by atoms with E-state index < -0.39 is 10.0 Å². The van der Waals surface area contributed by atoms with Crippen molar-refractivity contribution < 1.29 is 8.42 Å². The number of aryl methyl sites for hydroxylation is 1. The van der Waals surface area contributed by atoms with Crippen LogP contribution in [0.3, 0.4) is 0 Å². The second kappa shape index (κ2) is 7.20. The third-order valence-electron chi connectivity index (χ3n) is 4.50. The predicted molar refractivity (Wildman–Crippen MR) is 102 cm³/mol. The Morgan fingerprint density at radius 3 is 2.64 bits per heavy atom. The molecule has 0 amide bonds. The fraction of sp³-hybridized carbons (Fsp3) is 0.263. The summed E-state index contributed by atoms with van der Waals surface area (Å²) in [4.78, 5) is 0.235. The van der Waals surface area contributed by atoms with Gasteiger partial charge in [-0.25, -0.2) is 8.42 Å². The van der Waals surface area contributed by atoms with Gasteiger partial charge in [0.05, 0.1) is 10.6 Å². The maximum atomic E-state index is 12.7. The number of rotatable bonds is 5. The van der Waals surface area contributed by atoms with Gasteiger partial charge in [0.15, 0.2) is 0 Å². The summed E-state index contributed by atoms with van der Waals surface area (Å²) in [6, 6.07) is 12.0. The maximum absolute atomic E-state index is 12.7. The number of anilines is 1. The average molecular weight is 377 g/mol. The molecule has 2 N–H and O–H groups in total. The molecule has 2 atom stereocenters. The lowest BCUT2D eigenvalue weighted by Crippen LogP contribution is -2.21. The van der Waals surface area contributed by atoms with Crippen LogP contribution in [-0.2, 0) is 10.0 Å². The molecule has 1 saturated heterocycles. The van der Waals surface area contributed by atoms with Crippen molar-refractivity contribution in [2.75, 3.05) is 11.3 Å². The number of hydrogen-bond donors (Lipinski definition) is 2. The van der Waals surface area contributed by atoms with Gasteiger partial charge in [-0.15, -0.1) is 6.58 Å². The van der Waals surface area contributed by atoms with Crippen molar-refractivity contribution in [3.05, 3.63) is 71.3 Å². The molecule has 0 bridgehead atoms. The molecule has 132 valence electrons. The largest absolute Gasteiger partial charge is 0.309 e. The second-order valence-corrected chi connectivity index (χ2v) is 8.39. The van der Waals surface area contributed by atoms with E-state index in [1.54, 1.807) is 36.4 Å². The summed E-state index contributed by atoms with van der Waals surface area (Å²) in [5, 5.41) is 3.98. The minimum atomic E-state index is -3.67. The van der Waals surface area contributed by atoms with Crippen molar-refractivity contribution in [3.8, 4) is 0 Å². The summed E-state index contributed by atoms with van der Waals surface area (Å²) >= 11 is 6.16. The highest BCUT2D eigenvalue weighted by atomic mass is 35.5. The van der Waals surface area contributed by atoms with Gasteiger partial charge in [0.1, 0.15) is 0 Å². The van der Waals surface area contributed by atoms with Gasteiger partial charge in [-0.1, -0.05) is 35.4 Å². The van der Waals surface area contributed by atoms with E-state index in [1.165, 1.54) is 0 Å². The second-order valence-electron chi connectivity index (χ2n) is 6.27. The number of halogens is 1. The number of nitrogens with one attached hydrogen (secondary N) is 2. The Morgan fingerprint density at radius 1 is 1.24 bits per heavy atom. The van der Waals surface area contributed by atoms with Crippen LogP contribution in [0.4, 0.5) is 5.69 Å². The van der Waals surface area contributed by atoms with Crippen molar-refractivity contribution in [1.82, 2.24) is 5.32 Å². The molecule has 0 unspecified atom stereocenters. The van der Waals surface area contributed by atoms with E-state index in [0.29, 0.717) is 10.7 Å². The molecule has 25 heavy (non-hydrogen) atoms. The van der Waals surface area contributed by atoms with Gasteiger partial charge in [0.25, 0.3) is 10.0 Å². The smallest absolute Gasteiger partial charge is 0.261 e. The SMILES string of the molecule is C=C[C@@H]1CCN[C@@H]1c1cc(Cl)ccc1NS(=O)(=O)c1ccc(C)cc1. The lowest BCUT2D eigenvalue weighted by atomic mass is 9.93. The van der Waals surface area contributed by atoms with E-state index >= 15 is 0 Å². The highest BCUT2D eigenvalue weighted by Crippen LogP contribution is 2.36. The summed E-state index contributed by atoms with van der Waals surface area (Å²) in [6.07, 6.45) is 2.87. The highest BCUT2D eigenvalue weighted by Gasteiger charge is 2.29. The van der Waals surface area contributed by atoms with Gasteiger partial charge in [-0.3, -0.25) is 4.72 Å². The molecule has 2 aromatic rings. The van der Waals surface area contributed by atoms with Crippen LogP contribution in [0.15, 0.2) is 60.0 Å². The summed E-state index contributed by atoms with van der Waals surface area (Å²) in [6.45, 7) is 6.67. The van der Waals surface area contributed by atoms with Crippen molar-refractivity contribution >= 4 is 27.3 Å². The van der Waals surface area contributed by atoms with Crippen molar-refractivity contribution in [1.29, 1.82) is 0 Å². The molecule has 3 rings (SSSR count). The summed E-state index contributed by atoms with van der Waals surface area (Å²) in [7, 11) is -3.67. The first-order valence-corrected chi connectivity index (χ1v) is 10.0. The molecule has 4 nitrogen and oxygen atoms in total. The molecule has 0 aliphatic carbocycles. The molecule has 2 aromatic carbocycles. The number of benzene rings is 2. The molecule has 6 heteroatoms. The third kappa shape index (κ3) is 3.89. The lowest BCUT2D eigenvalue weighted by Gasteiger charge is -2.21. The van der Waals surface area contributed by atoms with E-state index in [-0.39, 0.29) is 16.9 Å². The first-order valence-electron chi connectivity index (χ1n) is 8.15. The van der Waals surface area contributed by atoms with Crippen LogP contribution in [0.2, 0.25) is 5.02 Å². The van der Waals surface area contributed by atoms with Crippen LogP contribution in [0.1, 0.15) is 23.6 Å². The Labute approximate surface area is 154 Å². The number of sulfonamides is 1. The van der Waals surface area contributed by atoms with Crippen LogP contribution in [0.5, 0.6) is 0 Å². The molecule has 0 spiro atoms. The summed E-state index contributed by atoms with van der Waals surface area (Å²) in [5.74, 6) is 0.237. The maximum Gasteiger partial charge on any atom is 0.261 e. The Morgan fingerprint density at radius 2 is 1.96 bits per heavy atom. The van der Waals surface area contributed by atoms with Crippen molar-refractivity contribution in [2.45, 2.75) is 24.3 Å².